The lowest BCUT2D eigenvalue weighted by atomic mass is 10.4. The van der Waals surface area contributed by atoms with Crippen molar-refractivity contribution in [3.05, 3.63) is 11.8 Å². The van der Waals surface area contributed by atoms with E-state index in [0.717, 1.165) is 0 Å². The van der Waals surface area contributed by atoms with Gasteiger partial charge in [-0.25, -0.2) is 0 Å². The Morgan fingerprint density at radius 3 is 3.00 bits per heavy atom. The largest absolute Gasteiger partial charge is 0.466 e. The minimum absolute atomic E-state index is 0.166. The molecule has 0 radical (unpaired) electrons. The molecule has 10 heavy (non-hydrogen) atoms. The molecule has 0 aliphatic carbocycles. The van der Waals surface area contributed by atoms with Crippen LogP contribution in [0.15, 0.2) is 11.8 Å². The molecule has 0 heterocycles. The van der Waals surface area contributed by atoms with Crippen LogP contribution in [0.2, 0.25) is 0 Å². The van der Waals surface area contributed by atoms with Gasteiger partial charge in [0.05, 0.1) is 13.0 Å². The summed E-state index contributed by atoms with van der Waals surface area (Å²) in [6.07, 6.45) is 1.57. The summed E-state index contributed by atoms with van der Waals surface area (Å²) < 4.78 is 4.59. The van der Waals surface area contributed by atoms with E-state index in [9.17, 15) is 4.79 Å². The van der Waals surface area contributed by atoms with Gasteiger partial charge in [-0.3, -0.25) is 10.2 Å². The van der Waals surface area contributed by atoms with E-state index in [-0.39, 0.29) is 12.4 Å². The Morgan fingerprint density at radius 1 is 1.80 bits per heavy atom. The maximum Gasteiger partial charge on any atom is 0.310 e. The summed E-state index contributed by atoms with van der Waals surface area (Å²) in [5.41, 5.74) is 2.33. The van der Waals surface area contributed by atoms with Crippen molar-refractivity contribution in [3.8, 4) is 0 Å². The number of rotatable bonds is 3. The van der Waals surface area contributed by atoms with Crippen LogP contribution in [0.3, 0.4) is 0 Å². The van der Waals surface area contributed by atoms with Crippen LogP contribution in [0.1, 0.15) is 13.3 Å². The average molecular weight is 139 g/mol. The Kier molecular flexibility index (Phi) is 5.07. The molecule has 0 aromatic rings. The van der Waals surface area contributed by atoms with Crippen molar-refractivity contribution in [3.63, 3.8) is 0 Å². The zero-order valence-electron chi connectivity index (χ0n) is 5.81. The molecule has 0 aliphatic heterocycles. The molecule has 3 nitrogen and oxygen atoms in total. The van der Waals surface area contributed by atoms with Gasteiger partial charge in [0.1, 0.15) is 0 Å². The number of hydrogen-bond acceptors (Lipinski definition) is 3. The molecule has 0 aromatic carbocycles. The number of hydrogen-bond donors (Lipinski definition) is 1. The van der Waals surface area contributed by atoms with E-state index in [0.29, 0.717) is 6.61 Å². The van der Waals surface area contributed by atoms with Gasteiger partial charge in [-0.05, 0) is 13.0 Å². The highest BCUT2D eigenvalue weighted by atomic mass is 16.5. The lowest BCUT2D eigenvalue weighted by Gasteiger charge is -1.94. The van der Waals surface area contributed by atoms with E-state index in [4.69, 9.17) is 5.41 Å². The number of carbonyl (C=O) groups is 1. The fourth-order valence-electron chi connectivity index (χ4n) is 0.405. The number of nitrogens with one attached hydrogen (secondary N) is 1. The Labute approximate surface area is 59.5 Å². The summed E-state index contributed by atoms with van der Waals surface area (Å²) in [7, 11) is 0. The van der Waals surface area contributed by atoms with Gasteiger partial charge in [0.25, 0.3) is 0 Å². The van der Waals surface area contributed by atoms with Gasteiger partial charge in [0.15, 0.2) is 0 Å². The van der Waals surface area contributed by atoms with Crippen LogP contribution < -0.4 is 0 Å². The lowest BCUT2D eigenvalue weighted by molar-refractivity contribution is -0.142. The minimum Gasteiger partial charge on any atom is -0.466 e. The van der Waals surface area contributed by atoms with Crippen molar-refractivity contribution < 1.29 is 9.53 Å². The summed E-state index contributed by atoms with van der Waals surface area (Å²) in [5, 5.41) is 6.40. The van der Waals surface area contributed by atoms with E-state index < -0.39 is 0 Å². The molecule has 0 spiro atoms. The first-order chi connectivity index (χ1) is 4.81. The van der Waals surface area contributed by atoms with Crippen molar-refractivity contribution >= 4 is 11.8 Å². The molecule has 3 heteroatoms. The van der Waals surface area contributed by atoms with Gasteiger partial charge in [0.2, 0.25) is 0 Å². The third kappa shape index (κ3) is 4.85. The molecule has 0 saturated heterocycles. The van der Waals surface area contributed by atoms with Gasteiger partial charge in [0, 0.05) is 5.87 Å². The highest BCUT2D eigenvalue weighted by Crippen LogP contribution is 1.85. The zero-order valence-corrected chi connectivity index (χ0v) is 5.81. The average Bonchev–Trinajstić information content (AvgIpc) is 1.89. The molecular formula is C7H9NO2. The standard InChI is InChI=1S/C7H9NO2/c1-2-10-7(9)5-3-4-6-8/h3,8H,2,5H2,1H3. The summed E-state index contributed by atoms with van der Waals surface area (Å²) in [6, 6.07) is 0. The first-order valence-corrected chi connectivity index (χ1v) is 2.95. The quantitative estimate of drug-likeness (QED) is 0.359. The molecular weight excluding hydrogens is 130 g/mol. The molecule has 54 valence electrons. The first-order valence-electron chi connectivity index (χ1n) is 2.95. The van der Waals surface area contributed by atoms with Crippen LogP contribution in [0.4, 0.5) is 0 Å². The second-order valence-electron chi connectivity index (χ2n) is 1.48. The highest BCUT2D eigenvalue weighted by molar-refractivity contribution is 5.71. The van der Waals surface area contributed by atoms with E-state index in [1.165, 1.54) is 6.08 Å². The van der Waals surface area contributed by atoms with E-state index >= 15 is 0 Å². The van der Waals surface area contributed by atoms with Crippen LogP contribution >= 0.6 is 0 Å². The predicted molar refractivity (Wildman–Crippen MR) is 37.1 cm³/mol. The summed E-state index contributed by atoms with van der Waals surface area (Å²) >= 11 is 0. The maximum absolute atomic E-state index is 10.5. The fraction of sp³-hybridized carbons (Fsp3) is 0.429. The topological polar surface area (TPSA) is 50.2 Å². The van der Waals surface area contributed by atoms with Crippen molar-refractivity contribution in [2.24, 2.45) is 0 Å². The van der Waals surface area contributed by atoms with Crippen LogP contribution in [0.5, 0.6) is 0 Å². The van der Waals surface area contributed by atoms with Crippen molar-refractivity contribution in [1.29, 1.82) is 5.41 Å². The van der Waals surface area contributed by atoms with E-state index in [1.807, 2.05) is 5.87 Å². The number of esters is 1. The molecule has 0 rings (SSSR count). The Bertz CT molecular complexity index is 186. The van der Waals surface area contributed by atoms with Gasteiger partial charge < -0.3 is 4.74 Å². The Balaban J connectivity index is 3.59. The summed E-state index contributed by atoms with van der Waals surface area (Å²) in [4.78, 5) is 10.5. The van der Waals surface area contributed by atoms with Crippen LogP contribution in [0.25, 0.3) is 0 Å². The molecule has 0 amide bonds. The molecule has 0 saturated carbocycles. The molecule has 0 unspecified atom stereocenters. The summed E-state index contributed by atoms with van der Waals surface area (Å²) in [5.74, 6) is 1.60. The van der Waals surface area contributed by atoms with Crippen molar-refractivity contribution in [2.75, 3.05) is 6.61 Å². The van der Waals surface area contributed by atoms with Crippen molar-refractivity contribution in [1.82, 2.24) is 0 Å². The normalized spacial score (nSPS) is 7.30. The van der Waals surface area contributed by atoms with Crippen molar-refractivity contribution in [2.45, 2.75) is 13.3 Å². The predicted octanol–water partition coefficient (Wildman–Crippen LogP) is 0.899. The van der Waals surface area contributed by atoms with Gasteiger partial charge in [-0.15, -0.1) is 0 Å². The molecule has 0 aromatic heterocycles. The number of carbonyl (C=O) groups excluding carboxylic acids is 1. The summed E-state index contributed by atoms with van der Waals surface area (Å²) in [6.45, 7) is 2.13. The first kappa shape index (κ1) is 8.70. The number of ether oxygens (including phenoxy) is 1. The third-order valence-corrected chi connectivity index (χ3v) is 0.748. The van der Waals surface area contributed by atoms with Crippen LogP contribution in [-0.4, -0.2) is 18.4 Å². The van der Waals surface area contributed by atoms with Gasteiger partial charge in [-0.1, -0.05) is 5.73 Å². The molecule has 0 aliphatic rings. The fourth-order valence-corrected chi connectivity index (χ4v) is 0.405. The molecule has 1 N–H and O–H groups in total. The van der Waals surface area contributed by atoms with Gasteiger partial charge in [-0.2, -0.15) is 0 Å². The maximum atomic E-state index is 10.5. The third-order valence-electron chi connectivity index (χ3n) is 0.748. The van der Waals surface area contributed by atoms with Gasteiger partial charge >= 0.3 is 5.97 Å². The Morgan fingerprint density at radius 2 is 2.50 bits per heavy atom. The second kappa shape index (κ2) is 5.83. The van der Waals surface area contributed by atoms with E-state index in [2.05, 4.69) is 10.5 Å². The zero-order chi connectivity index (χ0) is 7.82. The molecule has 0 fully saturated rings. The highest BCUT2D eigenvalue weighted by Gasteiger charge is 1.94. The smallest absolute Gasteiger partial charge is 0.310 e. The van der Waals surface area contributed by atoms with Crippen LogP contribution in [-0.2, 0) is 9.53 Å². The molecule has 0 bridgehead atoms. The lowest BCUT2D eigenvalue weighted by Crippen LogP contribution is -2.00. The minimum atomic E-state index is -0.301. The molecule has 0 atom stereocenters. The monoisotopic (exact) mass is 139 g/mol. The second-order valence-corrected chi connectivity index (χ2v) is 1.48. The van der Waals surface area contributed by atoms with Crippen LogP contribution in [0, 0.1) is 5.41 Å². The van der Waals surface area contributed by atoms with E-state index in [1.54, 1.807) is 6.92 Å². The Hall–Kier alpha value is -1.30. The SMILES string of the molecule is CCOC(=O)CC=C=C=N.